The lowest BCUT2D eigenvalue weighted by Crippen LogP contribution is -2.14. The Morgan fingerprint density at radius 3 is 1.19 bits per heavy atom. The van der Waals surface area contributed by atoms with Gasteiger partial charge in [-0.1, -0.05) is 119 Å². The number of ether oxygens (including phenoxy) is 3. The fourth-order valence-electron chi connectivity index (χ4n) is 5.19. The van der Waals surface area contributed by atoms with Gasteiger partial charge in [0.1, 0.15) is 17.2 Å². The van der Waals surface area contributed by atoms with E-state index in [1.54, 1.807) is 19.1 Å². The van der Waals surface area contributed by atoms with Crippen LogP contribution in [-0.2, 0) is 14.4 Å². The standard InChI is InChI=1S/C37H62O6/c1-8-11-14-17-28(4)20-23-35(38)41-32-26-33(42-36(39)24-21-29(5)18-15-12-9-2)31(7)34(27-32)43-37(40)25-22-30(6)19-16-13-10-3/h26-30H,8-25H2,1-7H3. The summed E-state index contributed by atoms with van der Waals surface area (Å²) < 4.78 is 17.2. The summed E-state index contributed by atoms with van der Waals surface area (Å²) in [5.74, 6) is 1.05. The Balaban J connectivity index is 2.93. The molecule has 0 saturated carbocycles. The lowest BCUT2D eigenvalue weighted by atomic mass is 9.98. The molecule has 3 unspecified atom stereocenters. The first-order chi connectivity index (χ1) is 20.6. The lowest BCUT2D eigenvalue weighted by molar-refractivity contribution is -0.135. The average Bonchev–Trinajstić information content (AvgIpc) is 2.96. The largest absolute Gasteiger partial charge is 0.426 e. The fourth-order valence-corrected chi connectivity index (χ4v) is 5.19. The van der Waals surface area contributed by atoms with Gasteiger partial charge in [-0.25, -0.2) is 0 Å². The van der Waals surface area contributed by atoms with Crippen molar-refractivity contribution in [2.45, 2.75) is 164 Å². The lowest BCUT2D eigenvalue weighted by Gasteiger charge is -2.16. The summed E-state index contributed by atoms with van der Waals surface area (Å²) >= 11 is 0. The highest BCUT2D eigenvalue weighted by Crippen LogP contribution is 2.35. The Bertz CT molecular complexity index is 884. The first-order valence-electron chi connectivity index (χ1n) is 17.4. The van der Waals surface area contributed by atoms with Gasteiger partial charge >= 0.3 is 17.9 Å². The van der Waals surface area contributed by atoms with E-state index in [-0.39, 0.29) is 35.2 Å². The molecular formula is C37H62O6. The highest BCUT2D eigenvalue weighted by Gasteiger charge is 2.19. The first-order valence-corrected chi connectivity index (χ1v) is 17.4. The number of unbranched alkanes of at least 4 members (excludes halogenated alkanes) is 6. The Hall–Kier alpha value is -2.37. The molecule has 0 aliphatic carbocycles. The van der Waals surface area contributed by atoms with E-state index < -0.39 is 0 Å². The Kier molecular flexibility index (Phi) is 20.7. The van der Waals surface area contributed by atoms with Crippen LogP contribution >= 0.6 is 0 Å². The molecule has 1 rings (SSSR count). The van der Waals surface area contributed by atoms with Crippen molar-refractivity contribution in [3.8, 4) is 17.2 Å². The zero-order valence-electron chi connectivity index (χ0n) is 28.6. The molecule has 1 aromatic carbocycles. The van der Waals surface area contributed by atoms with Gasteiger partial charge in [0.05, 0.1) is 0 Å². The number of esters is 3. The van der Waals surface area contributed by atoms with E-state index in [0.29, 0.717) is 42.6 Å². The molecule has 3 atom stereocenters. The maximum Gasteiger partial charge on any atom is 0.311 e. The second kappa shape index (κ2) is 23.1. The topological polar surface area (TPSA) is 78.9 Å². The van der Waals surface area contributed by atoms with Crippen molar-refractivity contribution in [3.05, 3.63) is 17.7 Å². The number of rotatable bonds is 24. The van der Waals surface area contributed by atoms with Crippen LogP contribution in [0.4, 0.5) is 0 Å². The summed E-state index contributed by atoms with van der Waals surface area (Å²) in [6, 6.07) is 3.13. The van der Waals surface area contributed by atoms with Crippen LogP contribution in [0.15, 0.2) is 12.1 Å². The summed E-state index contributed by atoms with van der Waals surface area (Å²) in [7, 11) is 0. The van der Waals surface area contributed by atoms with E-state index in [0.717, 1.165) is 38.5 Å². The third-order valence-electron chi connectivity index (χ3n) is 8.39. The molecule has 6 heteroatoms. The molecule has 0 aliphatic heterocycles. The summed E-state index contributed by atoms with van der Waals surface area (Å²) in [4.78, 5) is 38.3. The van der Waals surface area contributed by atoms with E-state index in [4.69, 9.17) is 14.2 Å². The number of hydrogen-bond donors (Lipinski definition) is 0. The molecule has 0 radical (unpaired) electrons. The van der Waals surface area contributed by atoms with E-state index in [1.807, 2.05) is 0 Å². The first kappa shape index (κ1) is 38.7. The van der Waals surface area contributed by atoms with E-state index in [1.165, 1.54) is 57.8 Å². The van der Waals surface area contributed by atoms with Crippen LogP contribution in [0.1, 0.15) is 163 Å². The molecule has 0 bridgehead atoms. The monoisotopic (exact) mass is 602 g/mol. The minimum atomic E-state index is -0.345. The molecule has 0 N–H and O–H groups in total. The molecule has 246 valence electrons. The van der Waals surface area contributed by atoms with Crippen molar-refractivity contribution in [2.24, 2.45) is 17.8 Å². The van der Waals surface area contributed by atoms with Crippen molar-refractivity contribution in [1.82, 2.24) is 0 Å². The van der Waals surface area contributed by atoms with Crippen LogP contribution in [0.2, 0.25) is 0 Å². The molecule has 43 heavy (non-hydrogen) atoms. The van der Waals surface area contributed by atoms with Gasteiger partial charge in [-0.15, -0.1) is 0 Å². The summed E-state index contributed by atoms with van der Waals surface area (Å²) in [5, 5.41) is 0. The van der Waals surface area contributed by atoms with Crippen molar-refractivity contribution in [1.29, 1.82) is 0 Å². The van der Waals surface area contributed by atoms with Gasteiger partial charge in [0.25, 0.3) is 0 Å². The maximum atomic E-state index is 12.8. The molecule has 6 nitrogen and oxygen atoms in total. The molecule has 0 saturated heterocycles. The molecule has 0 amide bonds. The molecule has 0 aliphatic rings. The van der Waals surface area contributed by atoms with Gasteiger partial charge in [-0.05, 0) is 43.9 Å². The van der Waals surface area contributed by atoms with E-state index in [2.05, 4.69) is 41.5 Å². The number of benzene rings is 1. The van der Waals surface area contributed by atoms with Crippen LogP contribution < -0.4 is 14.2 Å². The molecule has 0 spiro atoms. The zero-order valence-corrected chi connectivity index (χ0v) is 28.6. The van der Waals surface area contributed by atoms with E-state index >= 15 is 0 Å². The normalized spacial score (nSPS) is 13.3. The predicted molar refractivity (Wildman–Crippen MR) is 176 cm³/mol. The van der Waals surface area contributed by atoms with Gasteiger partial charge < -0.3 is 14.2 Å². The second-order valence-electron chi connectivity index (χ2n) is 12.9. The van der Waals surface area contributed by atoms with Gasteiger partial charge in [0, 0.05) is 37.0 Å². The molecule has 0 fully saturated rings. The van der Waals surface area contributed by atoms with Gasteiger partial charge in [-0.2, -0.15) is 0 Å². The average molecular weight is 603 g/mol. The van der Waals surface area contributed by atoms with Crippen molar-refractivity contribution < 1.29 is 28.6 Å². The number of carbonyl (C=O) groups excluding carboxylic acids is 3. The summed E-state index contributed by atoms with van der Waals surface area (Å²) in [5.41, 5.74) is 0.540. The number of hydrogen-bond acceptors (Lipinski definition) is 6. The third-order valence-corrected chi connectivity index (χ3v) is 8.39. The van der Waals surface area contributed by atoms with E-state index in [9.17, 15) is 14.4 Å². The van der Waals surface area contributed by atoms with Crippen molar-refractivity contribution in [2.75, 3.05) is 0 Å². The predicted octanol–water partition coefficient (Wildman–Crippen LogP) is 10.7. The minimum Gasteiger partial charge on any atom is -0.426 e. The fraction of sp³-hybridized carbons (Fsp3) is 0.757. The smallest absolute Gasteiger partial charge is 0.311 e. The van der Waals surface area contributed by atoms with Crippen LogP contribution in [0.25, 0.3) is 0 Å². The minimum absolute atomic E-state index is 0.223. The molecule has 0 aromatic heterocycles. The van der Waals surface area contributed by atoms with Crippen molar-refractivity contribution in [3.63, 3.8) is 0 Å². The summed E-state index contributed by atoms with van der Waals surface area (Å²) in [6.45, 7) is 14.8. The molecule has 1 aromatic rings. The molecule has 0 heterocycles. The van der Waals surface area contributed by atoms with Crippen molar-refractivity contribution >= 4 is 17.9 Å². The van der Waals surface area contributed by atoms with Crippen LogP contribution in [0.3, 0.4) is 0 Å². The Morgan fingerprint density at radius 2 is 0.860 bits per heavy atom. The second-order valence-corrected chi connectivity index (χ2v) is 12.9. The quantitative estimate of drug-likeness (QED) is 0.0665. The summed E-state index contributed by atoms with van der Waals surface area (Å²) in [6.07, 6.45) is 17.1. The highest BCUT2D eigenvalue weighted by atomic mass is 16.6. The third kappa shape index (κ3) is 18.1. The number of carbonyl (C=O) groups is 3. The Labute approximate surface area is 263 Å². The van der Waals surface area contributed by atoms with Gasteiger partial charge in [0.2, 0.25) is 0 Å². The Morgan fingerprint density at radius 1 is 0.535 bits per heavy atom. The highest BCUT2D eigenvalue weighted by molar-refractivity contribution is 5.77. The van der Waals surface area contributed by atoms with Crippen LogP contribution in [0.5, 0.6) is 17.2 Å². The SMILES string of the molecule is CCCCCC(C)CCC(=O)Oc1cc(OC(=O)CCC(C)CCCCC)c(C)c(OC(=O)CCC(C)CCCCC)c1. The van der Waals surface area contributed by atoms with Crippen LogP contribution in [-0.4, -0.2) is 17.9 Å². The maximum absolute atomic E-state index is 12.8. The van der Waals surface area contributed by atoms with Gasteiger partial charge in [0.15, 0.2) is 0 Å². The zero-order chi connectivity index (χ0) is 32.0. The van der Waals surface area contributed by atoms with Crippen LogP contribution in [0, 0.1) is 24.7 Å². The molecular weight excluding hydrogens is 540 g/mol. The van der Waals surface area contributed by atoms with Gasteiger partial charge in [-0.3, -0.25) is 14.4 Å².